The number of anilines is 1. The molecule has 6 nitrogen and oxygen atoms in total. The van der Waals surface area contributed by atoms with Crippen LogP contribution in [0.3, 0.4) is 0 Å². The molecule has 2 N–H and O–H groups in total. The summed E-state index contributed by atoms with van der Waals surface area (Å²) in [5.74, 6) is 1.07. The molecule has 0 unspecified atom stereocenters. The molecule has 0 aliphatic rings. The third-order valence-corrected chi connectivity index (χ3v) is 3.69. The van der Waals surface area contributed by atoms with E-state index in [2.05, 4.69) is 10.6 Å². The van der Waals surface area contributed by atoms with E-state index in [4.69, 9.17) is 14.2 Å². The van der Waals surface area contributed by atoms with Crippen LogP contribution in [0.2, 0.25) is 0 Å². The Kier molecular flexibility index (Phi) is 6.95. The molecule has 25 heavy (non-hydrogen) atoms. The first kappa shape index (κ1) is 18.4. The van der Waals surface area contributed by atoms with E-state index in [1.807, 2.05) is 30.3 Å². The lowest BCUT2D eigenvalue weighted by molar-refractivity contribution is 0.0949. The standard InChI is InChI=1S/C19H24N2O4/c1-23-16-11-10-15(17(24-2)18(16)25-3)19(22)21-13-7-12-20-14-8-5-4-6-9-14/h4-6,8-11,20H,7,12-13H2,1-3H3,(H,21,22). The Balaban J connectivity index is 1.90. The van der Waals surface area contributed by atoms with E-state index in [0.29, 0.717) is 29.4 Å². The minimum atomic E-state index is -0.211. The van der Waals surface area contributed by atoms with Gasteiger partial charge in [0.1, 0.15) is 0 Å². The van der Waals surface area contributed by atoms with Crippen molar-refractivity contribution in [3.05, 3.63) is 48.0 Å². The van der Waals surface area contributed by atoms with Gasteiger partial charge in [-0.1, -0.05) is 18.2 Å². The highest BCUT2D eigenvalue weighted by Gasteiger charge is 2.20. The number of carbonyl (C=O) groups is 1. The van der Waals surface area contributed by atoms with Gasteiger partial charge in [-0.25, -0.2) is 0 Å². The van der Waals surface area contributed by atoms with Crippen LogP contribution in [0.25, 0.3) is 0 Å². The zero-order chi connectivity index (χ0) is 18.1. The summed E-state index contributed by atoms with van der Waals surface area (Å²) in [6, 6.07) is 13.3. The summed E-state index contributed by atoms with van der Waals surface area (Å²) in [4.78, 5) is 12.4. The van der Waals surface area contributed by atoms with Gasteiger partial charge in [-0.2, -0.15) is 0 Å². The van der Waals surface area contributed by atoms with Crippen LogP contribution in [0.1, 0.15) is 16.8 Å². The van der Waals surface area contributed by atoms with Crippen LogP contribution in [-0.4, -0.2) is 40.3 Å². The molecule has 0 saturated heterocycles. The molecule has 0 atom stereocenters. The topological polar surface area (TPSA) is 68.8 Å². The fourth-order valence-electron chi connectivity index (χ4n) is 2.45. The Morgan fingerprint density at radius 3 is 2.24 bits per heavy atom. The van der Waals surface area contributed by atoms with Gasteiger partial charge < -0.3 is 24.8 Å². The molecule has 0 fully saturated rings. The SMILES string of the molecule is COc1ccc(C(=O)NCCCNc2ccccc2)c(OC)c1OC. The van der Waals surface area contributed by atoms with Crippen molar-refractivity contribution in [3.8, 4) is 17.2 Å². The molecule has 134 valence electrons. The maximum atomic E-state index is 12.4. The van der Waals surface area contributed by atoms with Gasteiger partial charge in [0.2, 0.25) is 5.75 Å². The molecule has 6 heteroatoms. The second-order valence-electron chi connectivity index (χ2n) is 5.28. The van der Waals surface area contributed by atoms with E-state index in [1.165, 1.54) is 21.3 Å². The van der Waals surface area contributed by atoms with Gasteiger partial charge in [0.25, 0.3) is 5.91 Å². The third kappa shape index (κ3) is 4.79. The summed E-state index contributed by atoms with van der Waals surface area (Å²) < 4.78 is 15.9. The average molecular weight is 344 g/mol. The highest BCUT2D eigenvalue weighted by Crippen LogP contribution is 2.39. The fraction of sp³-hybridized carbons (Fsp3) is 0.316. The number of hydrogen-bond acceptors (Lipinski definition) is 5. The monoisotopic (exact) mass is 344 g/mol. The molecular formula is C19H24N2O4. The number of rotatable bonds is 9. The van der Waals surface area contributed by atoms with E-state index in [9.17, 15) is 4.79 Å². The Bertz CT molecular complexity index is 689. The molecule has 0 saturated carbocycles. The largest absolute Gasteiger partial charge is 0.493 e. The first-order chi connectivity index (χ1) is 12.2. The first-order valence-corrected chi connectivity index (χ1v) is 8.07. The number of ether oxygens (including phenoxy) is 3. The number of hydrogen-bond donors (Lipinski definition) is 2. The Morgan fingerprint density at radius 1 is 0.880 bits per heavy atom. The first-order valence-electron chi connectivity index (χ1n) is 8.07. The number of para-hydroxylation sites is 1. The summed E-state index contributed by atoms with van der Waals surface area (Å²) in [6.07, 6.45) is 0.802. The second-order valence-corrected chi connectivity index (χ2v) is 5.28. The van der Waals surface area contributed by atoms with Crippen LogP contribution in [0, 0.1) is 0 Å². The van der Waals surface area contributed by atoms with Gasteiger partial charge in [-0.15, -0.1) is 0 Å². The molecule has 0 heterocycles. The van der Waals surface area contributed by atoms with E-state index in [-0.39, 0.29) is 5.91 Å². The molecule has 2 rings (SSSR count). The van der Waals surface area contributed by atoms with Crippen LogP contribution >= 0.6 is 0 Å². The van der Waals surface area contributed by atoms with Crippen LogP contribution in [0.15, 0.2) is 42.5 Å². The molecule has 0 aliphatic heterocycles. The van der Waals surface area contributed by atoms with Crippen molar-refractivity contribution >= 4 is 11.6 Å². The molecule has 1 amide bonds. The minimum absolute atomic E-state index is 0.211. The third-order valence-electron chi connectivity index (χ3n) is 3.69. The lowest BCUT2D eigenvalue weighted by Crippen LogP contribution is -2.26. The summed E-state index contributed by atoms with van der Waals surface area (Å²) in [6.45, 7) is 1.32. The second kappa shape index (κ2) is 9.42. The van der Waals surface area contributed by atoms with E-state index < -0.39 is 0 Å². The minimum Gasteiger partial charge on any atom is -0.493 e. The predicted octanol–water partition coefficient (Wildman–Crippen LogP) is 2.94. The lowest BCUT2D eigenvalue weighted by atomic mass is 10.1. The van der Waals surface area contributed by atoms with Crippen molar-refractivity contribution in [1.29, 1.82) is 0 Å². The summed E-state index contributed by atoms with van der Waals surface area (Å²) in [5, 5.41) is 6.19. The van der Waals surface area contributed by atoms with Crippen LogP contribution in [0.4, 0.5) is 5.69 Å². The van der Waals surface area contributed by atoms with Crippen LogP contribution in [-0.2, 0) is 0 Å². The highest BCUT2D eigenvalue weighted by atomic mass is 16.5. The van der Waals surface area contributed by atoms with Crippen molar-refractivity contribution in [3.63, 3.8) is 0 Å². The zero-order valence-electron chi connectivity index (χ0n) is 14.8. The molecule has 0 spiro atoms. The molecule has 2 aromatic carbocycles. The molecular weight excluding hydrogens is 320 g/mol. The van der Waals surface area contributed by atoms with E-state index in [1.54, 1.807) is 12.1 Å². The molecule has 0 aliphatic carbocycles. The molecule has 0 radical (unpaired) electrons. The highest BCUT2D eigenvalue weighted by molar-refractivity contribution is 5.98. The van der Waals surface area contributed by atoms with Crippen molar-refractivity contribution in [2.45, 2.75) is 6.42 Å². The van der Waals surface area contributed by atoms with Gasteiger partial charge in [-0.3, -0.25) is 4.79 Å². The maximum absolute atomic E-state index is 12.4. The maximum Gasteiger partial charge on any atom is 0.255 e. The summed E-state index contributed by atoms with van der Waals surface area (Å²) in [7, 11) is 4.55. The lowest BCUT2D eigenvalue weighted by Gasteiger charge is -2.15. The van der Waals surface area contributed by atoms with Crippen LogP contribution in [0.5, 0.6) is 17.2 Å². The summed E-state index contributed by atoms with van der Waals surface area (Å²) in [5.41, 5.74) is 1.48. The number of carbonyl (C=O) groups excluding carboxylic acids is 1. The zero-order valence-corrected chi connectivity index (χ0v) is 14.8. The molecule has 0 bridgehead atoms. The smallest absolute Gasteiger partial charge is 0.255 e. The number of methoxy groups -OCH3 is 3. The van der Waals surface area contributed by atoms with Gasteiger partial charge in [0.15, 0.2) is 11.5 Å². The normalized spacial score (nSPS) is 10.0. The van der Waals surface area contributed by atoms with Gasteiger partial charge >= 0.3 is 0 Å². The van der Waals surface area contributed by atoms with E-state index in [0.717, 1.165) is 18.7 Å². The van der Waals surface area contributed by atoms with Gasteiger partial charge in [0, 0.05) is 18.8 Å². The Labute approximate surface area is 148 Å². The van der Waals surface area contributed by atoms with Crippen molar-refractivity contribution < 1.29 is 19.0 Å². The number of benzene rings is 2. The number of nitrogens with one attached hydrogen (secondary N) is 2. The van der Waals surface area contributed by atoms with E-state index >= 15 is 0 Å². The fourth-order valence-corrected chi connectivity index (χ4v) is 2.45. The quantitative estimate of drug-likeness (QED) is 0.685. The number of amides is 1. The summed E-state index contributed by atoms with van der Waals surface area (Å²) >= 11 is 0. The van der Waals surface area contributed by atoms with Crippen molar-refractivity contribution in [1.82, 2.24) is 5.32 Å². The van der Waals surface area contributed by atoms with Crippen LogP contribution < -0.4 is 24.8 Å². The average Bonchev–Trinajstić information content (AvgIpc) is 2.66. The van der Waals surface area contributed by atoms with Gasteiger partial charge in [0.05, 0.1) is 26.9 Å². The molecule has 0 aromatic heterocycles. The Hall–Kier alpha value is -2.89. The van der Waals surface area contributed by atoms with Crippen molar-refractivity contribution in [2.24, 2.45) is 0 Å². The Morgan fingerprint density at radius 2 is 1.60 bits per heavy atom. The van der Waals surface area contributed by atoms with Crippen molar-refractivity contribution in [2.75, 3.05) is 39.7 Å². The van der Waals surface area contributed by atoms with Gasteiger partial charge in [-0.05, 0) is 30.7 Å². The predicted molar refractivity (Wildman–Crippen MR) is 98.0 cm³/mol. The molecule has 2 aromatic rings.